The first-order chi connectivity index (χ1) is 11.8. The van der Waals surface area contributed by atoms with Crippen LogP contribution in [0.1, 0.15) is 40.5 Å². The number of hydrogen-bond acceptors (Lipinski definition) is 3. The quantitative estimate of drug-likeness (QED) is 0.790. The highest BCUT2D eigenvalue weighted by molar-refractivity contribution is 6.65. The van der Waals surface area contributed by atoms with Crippen LogP contribution in [0.25, 0.3) is 10.8 Å². The number of fused-ring (bicyclic) bond motifs is 1. The van der Waals surface area contributed by atoms with Crippen LogP contribution in [0.4, 0.5) is 5.69 Å². The number of hydrogen-bond donors (Lipinski definition) is 0. The van der Waals surface area contributed by atoms with Gasteiger partial charge >= 0.3 is 7.12 Å². The number of carbonyl (C=O) groups is 1. The van der Waals surface area contributed by atoms with Crippen molar-refractivity contribution in [1.29, 1.82) is 0 Å². The first-order valence-corrected chi connectivity index (χ1v) is 8.98. The van der Waals surface area contributed by atoms with E-state index in [2.05, 4.69) is 39.8 Å². The van der Waals surface area contributed by atoms with Crippen molar-refractivity contribution < 1.29 is 14.1 Å². The SMILES string of the molecule is CC1(C)OB(c2ccc(N3CCCC3=O)c3ccccc23)OC1(C)C. The molecule has 0 bridgehead atoms. The molecule has 2 aromatic carbocycles. The van der Waals surface area contributed by atoms with Crippen LogP contribution in [0.3, 0.4) is 0 Å². The van der Waals surface area contributed by atoms with E-state index in [1.165, 1.54) is 0 Å². The van der Waals surface area contributed by atoms with Gasteiger partial charge in [0, 0.05) is 18.4 Å². The molecule has 25 heavy (non-hydrogen) atoms. The Morgan fingerprint density at radius 3 is 2.20 bits per heavy atom. The minimum Gasteiger partial charge on any atom is -0.399 e. The minimum atomic E-state index is -0.404. The van der Waals surface area contributed by atoms with Crippen molar-refractivity contribution >= 4 is 34.9 Å². The highest BCUT2D eigenvalue weighted by Crippen LogP contribution is 2.38. The van der Waals surface area contributed by atoms with Crippen LogP contribution < -0.4 is 10.4 Å². The van der Waals surface area contributed by atoms with Crippen molar-refractivity contribution in [2.24, 2.45) is 0 Å². The fourth-order valence-electron chi connectivity index (χ4n) is 3.62. The van der Waals surface area contributed by atoms with Crippen LogP contribution in [0.2, 0.25) is 0 Å². The molecule has 0 spiro atoms. The molecule has 4 rings (SSSR count). The lowest BCUT2D eigenvalue weighted by Gasteiger charge is -2.32. The molecule has 2 aromatic rings. The Labute approximate surface area is 149 Å². The van der Waals surface area contributed by atoms with E-state index < -0.39 is 7.12 Å². The van der Waals surface area contributed by atoms with Crippen LogP contribution in [0.5, 0.6) is 0 Å². The average molecular weight is 337 g/mol. The molecule has 2 fully saturated rings. The number of anilines is 1. The molecule has 0 aromatic heterocycles. The summed E-state index contributed by atoms with van der Waals surface area (Å²) in [6, 6.07) is 12.3. The summed E-state index contributed by atoms with van der Waals surface area (Å²) in [6.07, 6.45) is 1.56. The summed E-state index contributed by atoms with van der Waals surface area (Å²) in [6.45, 7) is 9.04. The summed E-state index contributed by atoms with van der Waals surface area (Å²) in [5.41, 5.74) is 1.26. The molecule has 0 radical (unpaired) electrons. The number of nitrogens with zero attached hydrogens (tertiary/aromatic N) is 1. The molecule has 0 saturated carbocycles. The second kappa shape index (κ2) is 5.58. The van der Waals surface area contributed by atoms with E-state index in [9.17, 15) is 4.79 Å². The molecular formula is C20H24BNO3. The van der Waals surface area contributed by atoms with Crippen LogP contribution in [0.15, 0.2) is 36.4 Å². The van der Waals surface area contributed by atoms with Crippen molar-refractivity contribution in [3.05, 3.63) is 36.4 Å². The fraction of sp³-hybridized carbons (Fsp3) is 0.450. The molecule has 0 atom stereocenters. The van der Waals surface area contributed by atoms with Crippen molar-refractivity contribution in [1.82, 2.24) is 0 Å². The molecule has 2 aliphatic rings. The summed E-state index contributed by atoms with van der Waals surface area (Å²) < 4.78 is 12.5. The Bertz CT molecular complexity index is 830. The molecule has 2 saturated heterocycles. The zero-order valence-corrected chi connectivity index (χ0v) is 15.3. The Kier molecular flexibility index (Phi) is 3.71. The first kappa shape index (κ1) is 16.6. The third-order valence-electron chi connectivity index (χ3n) is 5.81. The smallest absolute Gasteiger partial charge is 0.399 e. The molecule has 2 heterocycles. The predicted molar refractivity (Wildman–Crippen MR) is 101 cm³/mol. The van der Waals surface area contributed by atoms with Gasteiger partial charge in [-0.25, -0.2) is 0 Å². The number of benzene rings is 2. The van der Waals surface area contributed by atoms with E-state index in [0.717, 1.165) is 34.9 Å². The number of rotatable bonds is 2. The van der Waals surface area contributed by atoms with Crippen molar-refractivity contribution in [3.8, 4) is 0 Å². The topological polar surface area (TPSA) is 38.8 Å². The van der Waals surface area contributed by atoms with Gasteiger partial charge in [-0.05, 0) is 51.0 Å². The molecule has 4 nitrogen and oxygen atoms in total. The lowest BCUT2D eigenvalue weighted by molar-refractivity contribution is -0.117. The van der Waals surface area contributed by atoms with E-state index in [1.54, 1.807) is 0 Å². The van der Waals surface area contributed by atoms with Gasteiger partial charge in [-0.2, -0.15) is 0 Å². The predicted octanol–water partition coefficient (Wildman–Crippen LogP) is 3.27. The third-order valence-corrected chi connectivity index (χ3v) is 5.81. The lowest BCUT2D eigenvalue weighted by Crippen LogP contribution is -2.41. The summed E-state index contributed by atoms with van der Waals surface area (Å²) in [5.74, 6) is 0.202. The van der Waals surface area contributed by atoms with Gasteiger partial charge in [0.1, 0.15) is 0 Å². The number of amides is 1. The normalized spacial score (nSPS) is 22.2. The maximum Gasteiger partial charge on any atom is 0.495 e. The Morgan fingerprint density at radius 2 is 1.60 bits per heavy atom. The average Bonchev–Trinajstić information content (AvgIpc) is 3.07. The molecule has 5 heteroatoms. The second-order valence-corrected chi connectivity index (χ2v) is 7.96. The summed E-state index contributed by atoms with van der Waals surface area (Å²) in [5, 5.41) is 2.16. The summed E-state index contributed by atoms with van der Waals surface area (Å²) in [4.78, 5) is 14.1. The maximum atomic E-state index is 12.2. The minimum absolute atomic E-state index is 0.202. The molecule has 130 valence electrons. The van der Waals surface area contributed by atoms with E-state index in [-0.39, 0.29) is 17.1 Å². The monoisotopic (exact) mass is 337 g/mol. The standard InChI is InChI=1S/C20H24BNO3/c1-19(2)20(3,4)25-21(24-19)16-11-12-17(22-13-7-10-18(22)23)15-9-6-5-8-14(15)16/h5-6,8-9,11-12H,7,10,13H2,1-4H3. The van der Waals surface area contributed by atoms with Gasteiger partial charge in [-0.3, -0.25) is 4.79 Å². The van der Waals surface area contributed by atoms with E-state index in [4.69, 9.17) is 9.31 Å². The van der Waals surface area contributed by atoms with Gasteiger partial charge in [-0.1, -0.05) is 30.3 Å². The van der Waals surface area contributed by atoms with Crippen LogP contribution in [0, 0.1) is 0 Å². The van der Waals surface area contributed by atoms with E-state index >= 15 is 0 Å². The second-order valence-electron chi connectivity index (χ2n) is 7.96. The largest absolute Gasteiger partial charge is 0.495 e. The summed E-state index contributed by atoms with van der Waals surface area (Å²) in [7, 11) is -0.404. The molecule has 0 unspecified atom stereocenters. The Morgan fingerprint density at radius 1 is 0.960 bits per heavy atom. The molecule has 1 amide bonds. The summed E-state index contributed by atoms with van der Waals surface area (Å²) >= 11 is 0. The van der Waals surface area contributed by atoms with Crippen LogP contribution in [-0.4, -0.2) is 30.8 Å². The van der Waals surface area contributed by atoms with Crippen LogP contribution >= 0.6 is 0 Å². The molecule has 0 N–H and O–H groups in total. The van der Waals surface area contributed by atoms with Gasteiger partial charge in [0.25, 0.3) is 0 Å². The van der Waals surface area contributed by atoms with Gasteiger partial charge in [0.05, 0.1) is 16.9 Å². The zero-order chi connectivity index (χ0) is 17.8. The van der Waals surface area contributed by atoms with Crippen molar-refractivity contribution in [2.75, 3.05) is 11.4 Å². The van der Waals surface area contributed by atoms with E-state index in [1.807, 2.05) is 29.2 Å². The Hall–Kier alpha value is -1.85. The highest BCUT2D eigenvalue weighted by atomic mass is 16.7. The van der Waals surface area contributed by atoms with Gasteiger partial charge in [0.15, 0.2) is 0 Å². The highest BCUT2D eigenvalue weighted by Gasteiger charge is 2.52. The maximum absolute atomic E-state index is 12.2. The third kappa shape index (κ3) is 2.57. The van der Waals surface area contributed by atoms with Gasteiger partial charge in [0.2, 0.25) is 5.91 Å². The zero-order valence-electron chi connectivity index (χ0n) is 15.3. The number of carbonyl (C=O) groups excluding carboxylic acids is 1. The lowest BCUT2D eigenvalue weighted by atomic mass is 9.76. The van der Waals surface area contributed by atoms with Crippen molar-refractivity contribution in [2.45, 2.75) is 51.7 Å². The van der Waals surface area contributed by atoms with Crippen molar-refractivity contribution in [3.63, 3.8) is 0 Å². The molecular weight excluding hydrogens is 313 g/mol. The fourth-order valence-corrected chi connectivity index (χ4v) is 3.62. The van der Waals surface area contributed by atoms with E-state index in [0.29, 0.717) is 6.42 Å². The molecule has 0 aliphatic carbocycles. The van der Waals surface area contributed by atoms with Gasteiger partial charge < -0.3 is 14.2 Å². The van der Waals surface area contributed by atoms with Gasteiger partial charge in [-0.15, -0.1) is 0 Å². The van der Waals surface area contributed by atoms with Crippen LogP contribution in [-0.2, 0) is 14.1 Å². The first-order valence-electron chi connectivity index (χ1n) is 8.98. The Balaban J connectivity index is 1.81. The molecule has 2 aliphatic heterocycles.